The third-order valence-electron chi connectivity index (χ3n) is 23.0. The van der Waals surface area contributed by atoms with E-state index in [1.54, 1.807) is 63.4 Å². The first-order valence-corrected chi connectivity index (χ1v) is 58.1. The van der Waals surface area contributed by atoms with Gasteiger partial charge in [0.1, 0.15) is 11.2 Å². The quantitative estimate of drug-likeness (QED) is 0.0530. The second-order valence-corrected chi connectivity index (χ2v) is 52.2. The topological polar surface area (TPSA) is 414 Å². The van der Waals surface area contributed by atoms with Gasteiger partial charge < -0.3 is 45.5 Å². The Bertz CT molecular complexity index is 4430. The van der Waals surface area contributed by atoms with Gasteiger partial charge in [-0.25, -0.2) is 56.2 Å². The number of aliphatic hydroxyl groups excluding tert-OH is 1. The number of hydrogen-bond acceptors (Lipinski definition) is 22. The van der Waals surface area contributed by atoms with Gasteiger partial charge in [-0.05, 0) is 299 Å². The molecule has 0 aliphatic carbocycles. The first-order valence-electron chi connectivity index (χ1n) is 47.7. The maximum absolute atomic E-state index is 12.6. The van der Waals surface area contributed by atoms with Crippen LogP contribution in [0, 0.1) is 114 Å². The number of benzene rings is 2. The minimum Gasteiger partial charge on any atom is -0.444 e. The van der Waals surface area contributed by atoms with Gasteiger partial charge >= 0.3 is 12.2 Å². The van der Waals surface area contributed by atoms with Crippen LogP contribution in [-0.4, -0.2) is 236 Å². The highest BCUT2D eigenvalue weighted by atomic mass is 79.9. The second-order valence-electron chi connectivity index (χ2n) is 39.7. The van der Waals surface area contributed by atoms with Gasteiger partial charge in [0.2, 0.25) is 39.1 Å². The lowest BCUT2D eigenvalue weighted by molar-refractivity contribution is 0.0132. The number of likely N-dealkylation sites (tertiary alicyclic amines) is 2. The molecule has 2 aromatic carbocycles. The first-order chi connectivity index (χ1) is 62.9. The van der Waals surface area contributed by atoms with E-state index < -0.39 is 55.6 Å². The van der Waals surface area contributed by atoms with Gasteiger partial charge in [0.05, 0.1) is 84.7 Å². The first kappa shape index (κ1) is 136. The van der Waals surface area contributed by atoms with Gasteiger partial charge in [-0.3, -0.25) is 9.59 Å². The van der Waals surface area contributed by atoms with Crippen molar-refractivity contribution in [2.75, 3.05) is 140 Å². The summed E-state index contributed by atoms with van der Waals surface area (Å²) in [5.74, 6) is 3.85. The number of piperidine rings is 6. The fourth-order valence-corrected chi connectivity index (χ4v) is 20.6. The van der Waals surface area contributed by atoms with Crippen molar-refractivity contribution < 1.29 is 72.2 Å². The van der Waals surface area contributed by atoms with Crippen LogP contribution < -0.4 is 16.4 Å². The molecule has 0 aromatic heterocycles. The summed E-state index contributed by atoms with van der Waals surface area (Å²) >= 11 is 31.7. The summed E-state index contributed by atoms with van der Waals surface area (Å²) in [6, 6.07) is 19.0. The van der Waals surface area contributed by atoms with E-state index in [0.29, 0.717) is 142 Å². The molecule has 39 heteroatoms. The van der Waals surface area contributed by atoms with E-state index in [0.717, 1.165) is 141 Å². The molecular weight excluding hydrogens is 2010 g/mol. The molecule has 5 N–H and O–H groups in total. The second kappa shape index (κ2) is 67.4. The molecule has 0 bridgehead atoms. The van der Waals surface area contributed by atoms with Crippen LogP contribution in [0.3, 0.4) is 0 Å². The maximum atomic E-state index is 12.6. The molecule has 786 valence electrons. The van der Waals surface area contributed by atoms with E-state index in [1.165, 1.54) is 23.4 Å². The Kier molecular flexibility index (Phi) is 67.4. The van der Waals surface area contributed by atoms with Crippen molar-refractivity contribution in [1.29, 1.82) is 21.0 Å². The number of nitrogens with two attached hydrogens (primary N) is 1. The third-order valence-corrected chi connectivity index (χ3v) is 32.6. The largest absolute Gasteiger partial charge is 0.444 e. The van der Waals surface area contributed by atoms with Gasteiger partial charge in [0, 0.05) is 124 Å². The SMILES string of the molecule is CC(C)(C)OC(=O)N1CCC(C#N)CC1.CC(C)CBr.CC(C)CC1(C#N)CCN(C(=O)OC(C)(C)C)CC1.CC(C)CC1(C#N)CCNCC1.CCOCC.CCS(=O)(=O)Cl.CCS(=O)(=O)N1CCC(C#N)(CC(C)C)CC1.CCS(=O)(=O)N1CCC(CN)(CC(C)C)CC1.CCS(=O)(=O)N1CCC(CNC(=O)c2ccc(Cl)cc2Cl)(CC(C)C)CC1.CO.O=C(Cl)c1ccc(Cl)cc1Cl. The molecule has 0 radical (unpaired) electrons. The van der Waals surface area contributed by atoms with Gasteiger partial charge in [-0.15, -0.1) is 0 Å². The number of halogens is 7. The van der Waals surface area contributed by atoms with Gasteiger partial charge in [0.15, 0.2) is 0 Å². The standard InChI is InChI=1S/C19H28Cl2N2O3S.C15H26N2O2.C12H26N2O2S.C12H22N2O2S.C11H18N2O2.C10H18N2.C7H3Cl3O.C4H9Br.C4H10O.C2H5ClO2S.CH4O/c1-4-27(25,26)23-9-7-19(8-10-23,12-14(2)3)13-22-18(24)16-6-5-15(20)11-17(16)21;1-12(2)10-15(11-16)6-8-17(9-7-15)13(18)19-14(3,4)5;2*1-4-17(15,16)14-7-5-12(10-13,6-8-14)9-11(2)3;1-11(2,3)15-10(14)13-6-4-9(8-12)5-7-13;1-9(2)7-10(8-11)3-5-12-6-4-10;8-4-1-2-5(7(10)11)6(9)3-4;1-4(2)3-5;1-3-5-4-2;1-2-6(3,4)5;1-2/h5-6,11,14H,4,7-10,12-13H2,1-3H3,(H,22,24);12H,6-10H2,1-5H3;11H,4-10,13H2,1-3H3;11H,4-9H2,1-3H3;9H,4-7H2,1-3H3;9,12H,3-7H2,1-2H3;1-3H;4H,3H2,1-2H3;3-4H2,1-2H3;2H2,1H3;2H,1H3. The lowest BCUT2D eigenvalue weighted by Gasteiger charge is -2.42. The smallest absolute Gasteiger partial charge is 0.410 e. The van der Waals surface area contributed by atoms with E-state index in [1.807, 2.05) is 55.4 Å². The van der Waals surface area contributed by atoms with Crippen LogP contribution in [0.5, 0.6) is 0 Å². The number of carbonyl (C=O) groups is 4. The summed E-state index contributed by atoms with van der Waals surface area (Å²) in [6.07, 6.45) is 14.0. The minimum atomic E-state index is -3.19. The predicted molar refractivity (Wildman–Crippen MR) is 561 cm³/mol. The number of carbonyl (C=O) groups excluding carboxylic acids is 4. The van der Waals surface area contributed by atoms with Crippen LogP contribution in [0.25, 0.3) is 0 Å². The van der Waals surface area contributed by atoms with Crippen LogP contribution in [0.15, 0.2) is 36.4 Å². The highest BCUT2D eigenvalue weighted by molar-refractivity contribution is 9.09. The monoisotopic (exact) mass is 2170 g/mol. The van der Waals surface area contributed by atoms with Crippen molar-refractivity contribution in [2.45, 2.75) is 287 Å². The summed E-state index contributed by atoms with van der Waals surface area (Å²) in [5, 5.41) is 52.0. The summed E-state index contributed by atoms with van der Waals surface area (Å²) < 4.78 is 111. The fourth-order valence-electron chi connectivity index (χ4n) is 16.1. The summed E-state index contributed by atoms with van der Waals surface area (Å²) in [5.41, 5.74) is 5.14. The molecule has 2 aromatic rings. The molecule has 8 rings (SSSR count). The van der Waals surface area contributed by atoms with Crippen molar-refractivity contribution in [3.63, 3.8) is 0 Å². The molecule has 0 spiro atoms. The lowest BCUT2D eigenvalue weighted by Crippen LogP contribution is -2.48. The normalized spacial score (nSPS) is 17.6. The number of alkyl halides is 1. The Morgan fingerprint density at radius 1 is 0.493 bits per heavy atom. The van der Waals surface area contributed by atoms with E-state index >= 15 is 0 Å². The van der Waals surface area contributed by atoms with Gasteiger partial charge in [-0.1, -0.05) is 152 Å². The molecule has 0 unspecified atom stereocenters. The number of hydrogen-bond donors (Lipinski definition) is 4. The van der Waals surface area contributed by atoms with Crippen LogP contribution in [0.1, 0.15) is 296 Å². The molecule has 3 amide bonds. The van der Waals surface area contributed by atoms with Crippen LogP contribution in [-0.2, 0) is 53.3 Å². The number of nitriles is 4. The van der Waals surface area contributed by atoms with E-state index in [-0.39, 0.29) is 84.7 Å². The number of aliphatic hydroxyl groups is 1. The molecule has 6 saturated heterocycles. The zero-order valence-corrected chi connectivity index (χ0v) is 95.7. The molecule has 0 saturated carbocycles. The fraction of sp³-hybridized carbons (Fsp3) is 0.794. The van der Waals surface area contributed by atoms with Crippen LogP contribution in [0.4, 0.5) is 9.59 Å². The number of nitrogens with zero attached hydrogens (tertiary/aromatic N) is 9. The Labute approximate surface area is 859 Å². The highest BCUT2D eigenvalue weighted by Crippen LogP contribution is 2.43. The molecule has 136 heavy (non-hydrogen) atoms. The van der Waals surface area contributed by atoms with Gasteiger partial charge in [-0.2, -0.15) is 21.0 Å². The third kappa shape index (κ3) is 56.8. The molecule has 6 fully saturated rings. The Balaban J connectivity index is -0.00000149. The number of nitrogens with one attached hydrogen (secondary N) is 2. The molecule has 28 nitrogen and oxygen atoms in total. The summed E-state index contributed by atoms with van der Waals surface area (Å²) in [6.45, 7) is 58.3. The minimum absolute atomic E-state index is 0.00849. The van der Waals surface area contributed by atoms with Crippen molar-refractivity contribution >= 4 is 147 Å². The molecule has 6 aliphatic heterocycles. The molecular formula is C97H169BrCl6N12O16S4. The van der Waals surface area contributed by atoms with Crippen LogP contribution >= 0.6 is 84.6 Å². The number of ether oxygens (including phenoxy) is 3. The zero-order chi connectivity index (χ0) is 106. The van der Waals surface area contributed by atoms with Crippen molar-refractivity contribution in [2.24, 2.45) is 74.2 Å². The maximum Gasteiger partial charge on any atom is 0.410 e. The zero-order valence-electron chi connectivity index (χ0n) is 86.3. The predicted octanol–water partition coefficient (Wildman–Crippen LogP) is 21.9. The van der Waals surface area contributed by atoms with E-state index in [2.05, 4.69) is 145 Å². The van der Waals surface area contributed by atoms with Crippen molar-refractivity contribution in [3.8, 4) is 24.3 Å². The van der Waals surface area contributed by atoms with Crippen molar-refractivity contribution in [1.82, 2.24) is 33.3 Å². The molecule has 6 heterocycles. The Morgan fingerprint density at radius 2 is 0.794 bits per heavy atom. The highest BCUT2D eigenvalue weighted by Gasteiger charge is 2.43. The van der Waals surface area contributed by atoms with Crippen molar-refractivity contribution in [3.05, 3.63) is 67.6 Å². The van der Waals surface area contributed by atoms with E-state index in [9.17, 15) is 63.4 Å². The summed E-state index contributed by atoms with van der Waals surface area (Å²) in [7, 11) is -6.77. The number of amides is 3. The molecule has 6 aliphatic rings. The average Bonchev–Trinajstić information content (AvgIpc) is 0.906. The average molecular weight is 2180 g/mol. The molecule has 0 atom stereocenters. The van der Waals surface area contributed by atoms with Gasteiger partial charge in [0.25, 0.3) is 11.1 Å². The van der Waals surface area contributed by atoms with E-state index in [4.69, 9.17) is 93.6 Å². The lowest BCUT2D eigenvalue weighted by atomic mass is 9.73. The Hall–Kier alpha value is -4.18. The number of sulfonamides is 3. The van der Waals surface area contributed by atoms with Crippen LogP contribution in [0.2, 0.25) is 20.1 Å². The summed E-state index contributed by atoms with van der Waals surface area (Å²) in [4.78, 5) is 50.2. The number of rotatable bonds is 25. The Morgan fingerprint density at radius 3 is 1.06 bits per heavy atom.